The molecule has 1 aliphatic heterocycles. The summed E-state index contributed by atoms with van der Waals surface area (Å²) in [7, 11) is 0. The quantitative estimate of drug-likeness (QED) is 0.888. The lowest BCUT2D eigenvalue weighted by molar-refractivity contribution is -0.131. The Morgan fingerprint density at radius 3 is 2.57 bits per heavy atom. The van der Waals surface area contributed by atoms with Crippen LogP contribution in [-0.4, -0.2) is 36.4 Å². The van der Waals surface area contributed by atoms with Crippen LogP contribution >= 0.6 is 11.6 Å². The average Bonchev–Trinajstić information content (AvgIpc) is 3.00. The van der Waals surface area contributed by atoms with Crippen molar-refractivity contribution in [3.63, 3.8) is 0 Å². The molecule has 0 spiro atoms. The minimum atomic E-state index is -0.740. The number of carbonyl (C=O) groups excluding carboxylic acids is 1. The van der Waals surface area contributed by atoms with Crippen LogP contribution in [0.5, 0.6) is 0 Å². The monoisotopic (exact) mass is 337 g/mol. The van der Waals surface area contributed by atoms with Crippen LogP contribution in [0.4, 0.5) is 0 Å². The molecule has 5 heteroatoms. The molecule has 0 unspecified atom stereocenters. The number of nitrogens with one attached hydrogen (secondary N) is 1. The Morgan fingerprint density at radius 2 is 1.91 bits per heavy atom. The second-order valence-corrected chi connectivity index (χ2v) is 7.26. The van der Waals surface area contributed by atoms with E-state index in [1.807, 2.05) is 24.3 Å². The number of hydrogen-bond donors (Lipinski definition) is 2. The molecule has 1 amide bonds. The average molecular weight is 338 g/mol. The van der Waals surface area contributed by atoms with E-state index in [2.05, 4.69) is 5.32 Å². The normalized spacial score (nSPS) is 22.7. The minimum absolute atomic E-state index is 0.0246. The van der Waals surface area contributed by atoms with Crippen LogP contribution in [0.3, 0.4) is 0 Å². The largest absolute Gasteiger partial charge is 0.388 e. The molecule has 1 saturated carbocycles. The number of hydrogen-bond acceptors (Lipinski definition) is 3. The van der Waals surface area contributed by atoms with Crippen LogP contribution in [0.1, 0.15) is 44.1 Å². The molecule has 0 bridgehead atoms. The predicted molar refractivity (Wildman–Crippen MR) is 89.6 cm³/mol. The molecule has 2 fully saturated rings. The summed E-state index contributed by atoms with van der Waals surface area (Å²) < 4.78 is 5.46. The molecule has 2 N–H and O–H groups in total. The third kappa shape index (κ3) is 3.54. The molecule has 0 aromatic heterocycles. The van der Waals surface area contributed by atoms with Gasteiger partial charge in [-0.3, -0.25) is 4.79 Å². The highest BCUT2D eigenvalue weighted by Gasteiger charge is 2.43. The Morgan fingerprint density at radius 1 is 1.22 bits per heavy atom. The topological polar surface area (TPSA) is 58.6 Å². The zero-order valence-corrected chi connectivity index (χ0v) is 14.1. The van der Waals surface area contributed by atoms with Crippen LogP contribution in [0.15, 0.2) is 24.3 Å². The molecule has 2 aliphatic rings. The van der Waals surface area contributed by atoms with Crippen molar-refractivity contribution in [3.8, 4) is 0 Å². The lowest BCUT2D eigenvalue weighted by Crippen LogP contribution is -2.51. The first-order valence-corrected chi connectivity index (χ1v) is 8.76. The van der Waals surface area contributed by atoms with E-state index in [0.29, 0.717) is 37.6 Å². The molecular formula is C18H24ClNO3. The minimum Gasteiger partial charge on any atom is -0.388 e. The van der Waals surface area contributed by atoms with Gasteiger partial charge >= 0.3 is 0 Å². The summed E-state index contributed by atoms with van der Waals surface area (Å²) in [4.78, 5) is 13.0. The number of amides is 1. The Bertz CT molecular complexity index is 563. The molecule has 23 heavy (non-hydrogen) atoms. The van der Waals surface area contributed by atoms with Gasteiger partial charge in [0.1, 0.15) is 0 Å². The van der Waals surface area contributed by atoms with E-state index >= 15 is 0 Å². The maximum absolute atomic E-state index is 13.0. The lowest BCUT2D eigenvalue weighted by atomic mass is 9.73. The third-order valence-corrected chi connectivity index (χ3v) is 5.51. The van der Waals surface area contributed by atoms with Crippen LogP contribution in [-0.2, 0) is 14.9 Å². The number of ether oxygens (including phenoxy) is 1. The van der Waals surface area contributed by atoms with Crippen molar-refractivity contribution in [3.05, 3.63) is 34.9 Å². The highest BCUT2D eigenvalue weighted by Crippen LogP contribution is 2.37. The van der Waals surface area contributed by atoms with Gasteiger partial charge < -0.3 is 15.2 Å². The maximum Gasteiger partial charge on any atom is 0.230 e. The Kier molecular flexibility index (Phi) is 4.95. The van der Waals surface area contributed by atoms with Crippen molar-refractivity contribution in [1.82, 2.24) is 5.32 Å². The van der Waals surface area contributed by atoms with E-state index in [9.17, 15) is 9.90 Å². The van der Waals surface area contributed by atoms with E-state index in [4.69, 9.17) is 16.3 Å². The van der Waals surface area contributed by atoms with Crippen LogP contribution < -0.4 is 5.32 Å². The molecule has 4 nitrogen and oxygen atoms in total. The van der Waals surface area contributed by atoms with Crippen LogP contribution in [0, 0.1) is 0 Å². The zero-order chi connectivity index (χ0) is 16.3. The predicted octanol–water partition coefficient (Wildman–Crippen LogP) is 2.81. The Labute approximate surface area is 142 Å². The summed E-state index contributed by atoms with van der Waals surface area (Å²) in [5.41, 5.74) is -0.418. The molecule has 3 rings (SSSR count). The number of benzene rings is 1. The van der Waals surface area contributed by atoms with Crippen molar-refractivity contribution in [2.45, 2.75) is 49.5 Å². The summed E-state index contributed by atoms with van der Waals surface area (Å²) >= 11 is 6.13. The third-order valence-electron chi connectivity index (χ3n) is 5.27. The van der Waals surface area contributed by atoms with Gasteiger partial charge in [-0.15, -0.1) is 0 Å². The van der Waals surface area contributed by atoms with Gasteiger partial charge in [0, 0.05) is 24.8 Å². The molecule has 1 saturated heterocycles. The Hall–Kier alpha value is -1.10. The van der Waals surface area contributed by atoms with Crippen molar-refractivity contribution >= 4 is 17.5 Å². The highest BCUT2D eigenvalue weighted by molar-refractivity contribution is 6.30. The fraction of sp³-hybridized carbons (Fsp3) is 0.611. The summed E-state index contributed by atoms with van der Waals surface area (Å²) in [6.45, 7) is 1.45. The summed E-state index contributed by atoms with van der Waals surface area (Å²) in [5.74, 6) is -0.0246. The smallest absolute Gasteiger partial charge is 0.230 e. The summed E-state index contributed by atoms with van der Waals surface area (Å²) in [6, 6.07) is 7.53. The second-order valence-electron chi connectivity index (χ2n) is 6.82. The summed E-state index contributed by atoms with van der Waals surface area (Å²) in [5, 5.41) is 14.1. The summed E-state index contributed by atoms with van der Waals surface area (Å²) in [6.07, 6.45) is 4.86. The molecule has 126 valence electrons. The van der Waals surface area contributed by atoms with Gasteiger partial charge in [0.2, 0.25) is 5.91 Å². The number of carbonyl (C=O) groups is 1. The van der Waals surface area contributed by atoms with Crippen LogP contribution in [0.2, 0.25) is 5.02 Å². The van der Waals surface area contributed by atoms with Gasteiger partial charge in [0.25, 0.3) is 0 Å². The number of halogens is 1. The van der Waals surface area contributed by atoms with E-state index in [0.717, 1.165) is 31.2 Å². The van der Waals surface area contributed by atoms with E-state index in [-0.39, 0.29) is 5.91 Å². The first-order valence-electron chi connectivity index (χ1n) is 8.39. The zero-order valence-electron chi connectivity index (χ0n) is 13.3. The molecule has 1 heterocycles. The van der Waals surface area contributed by atoms with Crippen molar-refractivity contribution < 1.29 is 14.6 Å². The second kappa shape index (κ2) is 6.80. The molecule has 0 atom stereocenters. The fourth-order valence-corrected chi connectivity index (χ4v) is 3.97. The van der Waals surface area contributed by atoms with E-state index < -0.39 is 11.0 Å². The van der Waals surface area contributed by atoms with Crippen molar-refractivity contribution in [2.24, 2.45) is 0 Å². The molecule has 1 aromatic rings. The van der Waals surface area contributed by atoms with Crippen LogP contribution in [0.25, 0.3) is 0 Å². The molecule has 0 radical (unpaired) electrons. The van der Waals surface area contributed by atoms with E-state index in [1.54, 1.807) is 0 Å². The van der Waals surface area contributed by atoms with E-state index in [1.165, 1.54) is 0 Å². The Balaban J connectivity index is 1.79. The standard InChI is InChI=1S/C18H24ClNO3/c19-15-5-3-4-14(12-15)18(8-10-23-11-9-18)16(21)20-13-17(22)6-1-2-7-17/h3-5,12,22H,1-2,6-11,13H2,(H,20,21). The molecular weight excluding hydrogens is 314 g/mol. The SMILES string of the molecule is O=C(NCC1(O)CCCC1)C1(c2cccc(Cl)c2)CCOCC1. The first kappa shape index (κ1) is 16.7. The lowest BCUT2D eigenvalue weighted by Gasteiger charge is -2.37. The molecule has 1 aromatic carbocycles. The number of rotatable bonds is 4. The van der Waals surface area contributed by atoms with Gasteiger partial charge in [-0.1, -0.05) is 36.6 Å². The number of aliphatic hydroxyl groups is 1. The van der Waals surface area contributed by atoms with Crippen molar-refractivity contribution in [1.29, 1.82) is 0 Å². The van der Waals surface area contributed by atoms with Gasteiger partial charge in [-0.2, -0.15) is 0 Å². The van der Waals surface area contributed by atoms with Gasteiger partial charge in [-0.25, -0.2) is 0 Å². The maximum atomic E-state index is 13.0. The highest BCUT2D eigenvalue weighted by atomic mass is 35.5. The van der Waals surface area contributed by atoms with Crippen molar-refractivity contribution in [2.75, 3.05) is 19.8 Å². The fourth-order valence-electron chi connectivity index (χ4n) is 3.78. The van der Waals surface area contributed by atoms with Gasteiger partial charge in [-0.05, 0) is 43.4 Å². The van der Waals surface area contributed by atoms with Gasteiger partial charge in [0.05, 0.1) is 11.0 Å². The van der Waals surface area contributed by atoms with Gasteiger partial charge in [0.15, 0.2) is 0 Å². The molecule has 1 aliphatic carbocycles. The first-order chi connectivity index (χ1) is 11.0.